The zero-order valence-corrected chi connectivity index (χ0v) is 11.9. The van der Waals surface area contributed by atoms with Crippen LogP contribution in [-0.2, 0) is 17.9 Å². The van der Waals surface area contributed by atoms with Crippen molar-refractivity contribution in [3.8, 4) is 5.75 Å². The van der Waals surface area contributed by atoms with Gasteiger partial charge in [0, 0.05) is 0 Å². The van der Waals surface area contributed by atoms with Crippen LogP contribution in [0.2, 0.25) is 0 Å². The van der Waals surface area contributed by atoms with Gasteiger partial charge in [-0.25, -0.2) is 4.68 Å². The molecule has 3 N–H and O–H groups in total. The minimum atomic E-state index is -4.41. The van der Waals surface area contributed by atoms with Crippen molar-refractivity contribution < 1.29 is 22.7 Å². The van der Waals surface area contributed by atoms with E-state index >= 15 is 0 Å². The fourth-order valence-electron chi connectivity index (χ4n) is 1.74. The number of para-hydroxylation sites is 2. The first-order valence-electron chi connectivity index (χ1n) is 6.53. The summed E-state index contributed by atoms with van der Waals surface area (Å²) in [5.41, 5.74) is 5.92. The van der Waals surface area contributed by atoms with E-state index in [1.165, 1.54) is 16.9 Å². The van der Waals surface area contributed by atoms with Crippen LogP contribution in [0.3, 0.4) is 0 Å². The van der Waals surface area contributed by atoms with E-state index in [-0.39, 0.29) is 18.8 Å². The number of carbonyl (C=O) groups is 1. The molecule has 0 radical (unpaired) electrons. The van der Waals surface area contributed by atoms with Crippen molar-refractivity contribution in [3.05, 3.63) is 36.2 Å². The van der Waals surface area contributed by atoms with Gasteiger partial charge in [-0.1, -0.05) is 17.3 Å². The molecule has 0 aliphatic carbocycles. The van der Waals surface area contributed by atoms with Crippen molar-refractivity contribution >= 4 is 11.6 Å². The van der Waals surface area contributed by atoms with Gasteiger partial charge in [-0.3, -0.25) is 4.79 Å². The SMILES string of the molecule is NC(=O)Cn1cc(CNc2ccccc2OCC(F)(F)F)nn1. The van der Waals surface area contributed by atoms with Crippen LogP contribution < -0.4 is 15.8 Å². The smallest absolute Gasteiger partial charge is 0.422 e. The maximum Gasteiger partial charge on any atom is 0.422 e. The molecule has 0 aliphatic heterocycles. The lowest BCUT2D eigenvalue weighted by atomic mass is 10.3. The number of ether oxygens (including phenoxy) is 1. The first-order chi connectivity index (χ1) is 10.8. The molecule has 0 saturated heterocycles. The number of hydrogen-bond acceptors (Lipinski definition) is 5. The first kappa shape index (κ1) is 16.6. The van der Waals surface area contributed by atoms with Gasteiger partial charge in [0.25, 0.3) is 0 Å². The van der Waals surface area contributed by atoms with Gasteiger partial charge >= 0.3 is 6.18 Å². The highest BCUT2D eigenvalue weighted by atomic mass is 19.4. The maximum atomic E-state index is 12.2. The van der Waals surface area contributed by atoms with Crippen LogP contribution in [0.4, 0.5) is 18.9 Å². The number of nitrogens with zero attached hydrogens (tertiary/aromatic N) is 3. The van der Waals surface area contributed by atoms with E-state index in [0.717, 1.165) is 0 Å². The van der Waals surface area contributed by atoms with Crippen LogP contribution in [0.25, 0.3) is 0 Å². The molecule has 23 heavy (non-hydrogen) atoms. The van der Waals surface area contributed by atoms with Crippen LogP contribution in [-0.4, -0.2) is 33.7 Å². The Bertz CT molecular complexity index is 672. The van der Waals surface area contributed by atoms with E-state index in [2.05, 4.69) is 15.6 Å². The highest BCUT2D eigenvalue weighted by Crippen LogP contribution is 2.26. The van der Waals surface area contributed by atoms with E-state index in [1.54, 1.807) is 18.2 Å². The topological polar surface area (TPSA) is 95.1 Å². The summed E-state index contributed by atoms with van der Waals surface area (Å²) in [6, 6.07) is 6.24. The number of primary amides is 1. The number of anilines is 1. The monoisotopic (exact) mass is 329 g/mol. The van der Waals surface area contributed by atoms with Gasteiger partial charge in [0.2, 0.25) is 5.91 Å². The summed E-state index contributed by atoms with van der Waals surface area (Å²) >= 11 is 0. The Balaban J connectivity index is 1.97. The van der Waals surface area contributed by atoms with E-state index in [9.17, 15) is 18.0 Å². The average Bonchev–Trinajstić information content (AvgIpc) is 2.89. The van der Waals surface area contributed by atoms with Crippen LogP contribution in [0.5, 0.6) is 5.75 Å². The van der Waals surface area contributed by atoms with Crippen molar-refractivity contribution in [1.82, 2.24) is 15.0 Å². The van der Waals surface area contributed by atoms with Gasteiger partial charge in [-0.05, 0) is 12.1 Å². The molecule has 0 bridgehead atoms. The zero-order valence-electron chi connectivity index (χ0n) is 11.9. The largest absolute Gasteiger partial charge is 0.482 e. The van der Waals surface area contributed by atoms with Crippen molar-refractivity contribution in [3.63, 3.8) is 0 Å². The highest BCUT2D eigenvalue weighted by molar-refractivity contribution is 5.73. The van der Waals surface area contributed by atoms with Crippen molar-refractivity contribution in [2.45, 2.75) is 19.3 Å². The summed E-state index contributed by atoms with van der Waals surface area (Å²) in [4.78, 5) is 10.8. The van der Waals surface area contributed by atoms with Crippen molar-refractivity contribution in [2.75, 3.05) is 11.9 Å². The number of halogens is 3. The van der Waals surface area contributed by atoms with Gasteiger partial charge in [0.1, 0.15) is 18.0 Å². The summed E-state index contributed by atoms with van der Waals surface area (Å²) < 4.78 is 42.7. The van der Waals surface area contributed by atoms with E-state index in [0.29, 0.717) is 11.4 Å². The van der Waals surface area contributed by atoms with Crippen LogP contribution in [0, 0.1) is 0 Å². The second-order valence-corrected chi connectivity index (χ2v) is 4.63. The maximum absolute atomic E-state index is 12.2. The predicted octanol–water partition coefficient (Wildman–Crippen LogP) is 1.32. The number of nitrogens with two attached hydrogens (primary N) is 1. The van der Waals surface area contributed by atoms with Gasteiger partial charge in [0.05, 0.1) is 18.4 Å². The number of alkyl halides is 3. The Morgan fingerprint density at radius 1 is 1.35 bits per heavy atom. The summed E-state index contributed by atoms with van der Waals surface area (Å²) in [7, 11) is 0. The van der Waals surface area contributed by atoms with Crippen LogP contribution >= 0.6 is 0 Å². The van der Waals surface area contributed by atoms with Crippen LogP contribution in [0.15, 0.2) is 30.5 Å². The van der Waals surface area contributed by atoms with Gasteiger partial charge in [0.15, 0.2) is 6.61 Å². The molecule has 2 aromatic rings. The Morgan fingerprint density at radius 3 is 2.78 bits per heavy atom. The second-order valence-electron chi connectivity index (χ2n) is 4.63. The molecule has 0 unspecified atom stereocenters. The lowest BCUT2D eigenvalue weighted by Crippen LogP contribution is -2.19. The van der Waals surface area contributed by atoms with E-state index in [4.69, 9.17) is 10.5 Å². The molecule has 1 aromatic carbocycles. The van der Waals surface area contributed by atoms with Crippen LogP contribution in [0.1, 0.15) is 5.69 Å². The molecule has 0 saturated carbocycles. The number of benzene rings is 1. The Labute approximate surface area is 129 Å². The molecule has 0 spiro atoms. The highest BCUT2D eigenvalue weighted by Gasteiger charge is 2.28. The molecule has 10 heteroatoms. The Hall–Kier alpha value is -2.78. The molecule has 1 aromatic heterocycles. The molecule has 2 rings (SSSR count). The fourth-order valence-corrected chi connectivity index (χ4v) is 1.74. The normalized spacial score (nSPS) is 11.3. The molecule has 0 fully saturated rings. The van der Waals surface area contributed by atoms with Crippen molar-refractivity contribution in [2.24, 2.45) is 5.73 Å². The lowest BCUT2D eigenvalue weighted by Gasteiger charge is -2.13. The van der Waals surface area contributed by atoms with E-state index < -0.39 is 18.7 Å². The fraction of sp³-hybridized carbons (Fsp3) is 0.308. The minimum absolute atomic E-state index is 0.0781. The summed E-state index contributed by atoms with van der Waals surface area (Å²) in [6.45, 7) is -1.27. The summed E-state index contributed by atoms with van der Waals surface area (Å²) in [6.07, 6.45) is -2.90. The van der Waals surface area contributed by atoms with Gasteiger partial charge in [-0.2, -0.15) is 13.2 Å². The Morgan fingerprint density at radius 2 is 2.09 bits per heavy atom. The number of carbonyl (C=O) groups excluding carboxylic acids is 1. The standard InChI is InChI=1S/C13H14F3N5O2/c14-13(15,16)8-23-11-4-2-1-3-10(11)18-5-9-6-21(20-19-9)7-12(17)22/h1-4,6,18H,5,7-8H2,(H2,17,22). The van der Waals surface area contributed by atoms with Gasteiger partial charge in [-0.15, -0.1) is 5.10 Å². The van der Waals surface area contributed by atoms with E-state index in [1.807, 2.05) is 0 Å². The molecule has 124 valence electrons. The molecular formula is C13H14F3N5O2. The third kappa shape index (κ3) is 5.49. The molecule has 7 nitrogen and oxygen atoms in total. The van der Waals surface area contributed by atoms with Crippen molar-refractivity contribution in [1.29, 1.82) is 0 Å². The Kier molecular flexibility index (Phi) is 5.04. The predicted molar refractivity (Wildman–Crippen MR) is 74.5 cm³/mol. The molecule has 0 aliphatic rings. The third-order valence-electron chi connectivity index (χ3n) is 2.64. The molecule has 1 amide bonds. The number of hydrogen-bond donors (Lipinski definition) is 2. The third-order valence-corrected chi connectivity index (χ3v) is 2.64. The second kappa shape index (κ2) is 6.99. The molecule has 1 heterocycles. The van der Waals surface area contributed by atoms with Gasteiger partial charge < -0.3 is 15.8 Å². The molecular weight excluding hydrogens is 315 g/mol. The number of amides is 1. The summed E-state index contributed by atoms with van der Waals surface area (Å²) in [5.74, 6) is -0.477. The average molecular weight is 329 g/mol. The number of rotatable bonds is 7. The first-order valence-corrected chi connectivity index (χ1v) is 6.53. The summed E-state index contributed by atoms with van der Waals surface area (Å²) in [5, 5.41) is 10.4. The minimum Gasteiger partial charge on any atom is -0.482 e. The number of aromatic nitrogens is 3. The molecule has 0 atom stereocenters. The lowest BCUT2D eigenvalue weighted by molar-refractivity contribution is -0.153. The quantitative estimate of drug-likeness (QED) is 0.799. The zero-order chi connectivity index (χ0) is 16.9. The number of nitrogens with one attached hydrogen (secondary N) is 1.